The molecule has 0 spiro atoms. The van der Waals surface area contributed by atoms with Crippen molar-refractivity contribution >= 4 is 11.6 Å². The molecule has 2 aromatic rings. The van der Waals surface area contributed by atoms with Gasteiger partial charge in [-0.15, -0.1) is 0 Å². The van der Waals surface area contributed by atoms with Gasteiger partial charge in [-0.25, -0.2) is 0 Å². The molecule has 2 heterocycles. The third kappa shape index (κ3) is 2.58. The summed E-state index contributed by atoms with van der Waals surface area (Å²) < 4.78 is 0. The quantitative estimate of drug-likeness (QED) is 0.874. The fraction of sp³-hybridized carbons (Fsp3) is 0.368. The van der Waals surface area contributed by atoms with Crippen molar-refractivity contribution in [1.82, 2.24) is 9.88 Å². The van der Waals surface area contributed by atoms with Crippen molar-refractivity contribution in [2.75, 3.05) is 31.1 Å². The van der Waals surface area contributed by atoms with Gasteiger partial charge in [0.1, 0.15) is 0 Å². The fourth-order valence-corrected chi connectivity index (χ4v) is 3.53. The van der Waals surface area contributed by atoms with E-state index in [0.717, 1.165) is 39.0 Å². The minimum absolute atomic E-state index is 0.236. The highest BCUT2D eigenvalue weighted by molar-refractivity contribution is 5.91. The third-order valence-corrected chi connectivity index (χ3v) is 5.08. The Balaban J connectivity index is 1.44. The lowest BCUT2D eigenvalue weighted by atomic mass is 9.94. The van der Waals surface area contributed by atoms with E-state index in [1.165, 1.54) is 11.3 Å². The molecular weight excluding hydrogens is 286 g/mol. The standard InChI is InChI=1S/C19H21N3O/c23-18(19(8-9-19)16-4-2-1-3-5-16)22-14-12-21(13-15-22)17-6-10-20-11-7-17/h1-7,10-11H,8-9,12-15H2. The third-order valence-electron chi connectivity index (χ3n) is 5.08. The normalized spacial score (nSPS) is 19.5. The molecule has 4 rings (SSSR count). The van der Waals surface area contributed by atoms with Gasteiger partial charge in [-0.3, -0.25) is 9.78 Å². The van der Waals surface area contributed by atoms with Crippen molar-refractivity contribution in [2.45, 2.75) is 18.3 Å². The van der Waals surface area contributed by atoms with Crippen LogP contribution in [0.3, 0.4) is 0 Å². The van der Waals surface area contributed by atoms with Crippen LogP contribution in [0.2, 0.25) is 0 Å². The molecule has 1 aliphatic carbocycles. The van der Waals surface area contributed by atoms with Gasteiger partial charge in [0.25, 0.3) is 0 Å². The molecule has 118 valence electrons. The number of rotatable bonds is 3. The van der Waals surface area contributed by atoms with Crippen LogP contribution in [-0.4, -0.2) is 42.0 Å². The first kappa shape index (κ1) is 14.2. The van der Waals surface area contributed by atoms with Crippen molar-refractivity contribution in [3.05, 3.63) is 60.4 Å². The van der Waals surface area contributed by atoms with E-state index in [9.17, 15) is 4.79 Å². The van der Waals surface area contributed by atoms with E-state index < -0.39 is 0 Å². The molecule has 1 saturated heterocycles. The summed E-state index contributed by atoms with van der Waals surface area (Å²) in [6, 6.07) is 14.3. The predicted molar refractivity (Wildman–Crippen MR) is 90.4 cm³/mol. The summed E-state index contributed by atoms with van der Waals surface area (Å²) >= 11 is 0. The first-order chi connectivity index (χ1) is 11.3. The lowest BCUT2D eigenvalue weighted by Gasteiger charge is -2.37. The predicted octanol–water partition coefficient (Wildman–Crippen LogP) is 2.46. The van der Waals surface area contributed by atoms with Gasteiger partial charge in [0, 0.05) is 44.3 Å². The Kier molecular flexibility index (Phi) is 3.52. The molecule has 0 atom stereocenters. The number of carbonyl (C=O) groups excluding carboxylic acids is 1. The second kappa shape index (κ2) is 5.69. The topological polar surface area (TPSA) is 36.4 Å². The number of aromatic nitrogens is 1. The molecule has 2 fully saturated rings. The van der Waals surface area contributed by atoms with Crippen LogP contribution in [0.1, 0.15) is 18.4 Å². The highest BCUT2D eigenvalue weighted by Gasteiger charge is 2.53. The zero-order chi connectivity index (χ0) is 15.7. The molecule has 2 aliphatic rings. The van der Waals surface area contributed by atoms with Crippen LogP contribution in [0.25, 0.3) is 0 Å². The Morgan fingerprint density at radius 1 is 0.913 bits per heavy atom. The molecule has 0 N–H and O–H groups in total. The number of pyridine rings is 1. The summed E-state index contributed by atoms with van der Waals surface area (Å²) in [4.78, 5) is 21.5. The molecule has 1 saturated carbocycles. The van der Waals surface area contributed by atoms with Crippen molar-refractivity contribution in [3.63, 3.8) is 0 Å². The second-order valence-electron chi connectivity index (χ2n) is 6.43. The molecule has 1 aromatic heterocycles. The summed E-state index contributed by atoms with van der Waals surface area (Å²) in [5.74, 6) is 0.318. The lowest BCUT2D eigenvalue weighted by Crippen LogP contribution is -2.51. The zero-order valence-corrected chi connectivity index (χ0v) is 13.2. The number of benzene rings is 1. The average molecular weight is 307 g/mol. The maximum atomic E-state index is 13.0. The monoisotopic (exact) mass is 307 g/mol. The van der Waals surface area contributed by atoms with Crippen molar-refractivity contribution in [3.8, 4) is 0 Å². The first-order valence-electron chi connectivity index (χ1n) is 8.29. The van der Waals surface area contributed by atoms with Gasteiger partial charge < -0.3 is 9.80 Å². The molecule has 0 bridgehead atoms. The molecular formula is C19H21N3O. The van der Waals surface area contributed by atoms with Crippen LogP contribution in [0.5, 0.6) is 0 Å². The maximum Gasteiger partial charge on any atom is 0.233 e. The second-order valence-corrected chi connectivity index (χ2v) is 6.43. The highest BCUT2D eigenvalue weighted by Crippen LogP contribution is 2.49. The van der Waals surface area contributed by atoms with Gasteiger partial charge in [0.15, 0.2) is 0 Å². The molecule has 23 heavy (non-hydrogen) atoms. The van der Waals surface area contributed by atoms with Crippen molar-refractivity contribution in [2.24, 2.45) is 0 Å². The summed E-state index contributed by atoms with van der Waals surface area (Å²) in [5, 5.41) is 0. The van der Waals surface area contributed by atoms with Crippen LogP contribution in [0, 0.1) is 0 Å². The Labute approximate surface area is 136 Å². The molecule has 0 unspecified atom stereocenters. The van der Waals surface area contributed by atoms with Gasteiger partial charge in [0.2, 0.25) is 5.91 Å². The number of piperazine rings is 1. The van der Waals surface area contributed by atoms with E-state index in [2.05, 4.69) is 26.9 Å². The Hall–Kier alpha value is -2.36. The minimum Gasteiger partial charge on any atom is -0.368 e. The summed E-state index contributed by atoms with van der Waals surface area (Å²) in [6.45, 7) is 3.38. The van der Waals surface area contributed by atoms with Gasteiger partial charge >= 0.3 is 0 Å². The summed E-state index contributed by atoms with van der Waals surface area (Å²) in [6.07, 6.45) is 5.61. The SMILES string of the molecule is O=C(N1CCN(c2ccncc2)CC1)C1(c2ccccc2)CC1. The molecule has 1 amide bonds. The van der Waals surface area contributed by atoms with E-state index in [4.69, 9.17) is 0 Å². The molecule has 4 nitrogen and oxygen atoms in total. The molecule has 4 heteroatoms. The van der Waals surface area contributed by atoms with Gasteiger partial charge in [-0.2, -0.15) is 0 Å². The van der Waals surface area contributed by atoms with E-state index in [1.54, 1.807) is 0 Å². The van der Waals surface area contributed by atoms with Gasteiger partial charge in [0.05, 0.1) is 5.41 Å². The number of carbonyl (C=O) groups is 1. The van der Waals surface area contributed by atoms with Crippen LogP contribution < -0.4 is 4.90 Å². The van der Waals surface area contributed by atoms with E-state index in [0.29, 0.717) is 5.91 Å². The Bertz CT molecular complexity index is 674. The summed E-state index contributed by atoms with van der Waals surface area (Å²) in [7, 11) is 0. The van der Waals surface area contributed by atoms with E-state index >= 15 is 0 Å². The van der Waals surface area contributed by atoms with Gasteiger partial charge in [-0.1, -0.05) is 30.3 Å². The molecule has 1 aliphatic heterocycles. The van der Waals surface area contributed by atoms with Gasteiger partial charge in [-0.05, 0) is 30.5 Å². The Morgan fingerprint density at radius 2 is 1.57 bits per heavy atom. The number of anilines is 1. The number of nitrogens with zero attached hydrogens (tertiary/aromatic N) is 3. The number of amides is 1. The van der Waals surface area contributed by atoms with Crippen LogP contribution in [0.4, 0.5) is 5.69 Å². The van der Waals surface area contributed by atoms with E-state index in [-0.39, 0.29) is 5.41 Å². The summed E-state index contributed by atoms with van der Waals surface area (Å²) in [5.41, 5.74) is 2.14. The van der Waals surface area contributed by atoms with Crippen molar-refractivity contribution in [1.29, 1.82) is 0 Å². The Morgan fingerprint density at radius 3 is 2.17 bits per heavy atom. The first-order valence-corrected chi connectivity index (χ1v) is 8.29. The number of hydrogen-bond acceptors (Lipinski definition) is 3. The number of hydrogen-bond donors (Lipinski definition) is 0. The molecule has 0 radical (unpaired) electrons. The van der Waals surface area contributed by atoms with Crippen LogP contribution in [-0.2, 0) is 10.2 Å². The van der Waals surface area contributed by atoms with Crippen LogP contribution >= 0.6 is 0 Å². The lowest BCUT2D eigenvalue weighted by molar-refractivity contribution is -0.134. The van der Waals surface area contributed by atoms with E-state index in [1.807, 2.05) is 42.7 Å². The molecule has 1 aromatic carbocycles. The average Bonchev–Trinajstić information content (AvgIpc) is 3.45. The van der Waals surface area contributed by atoms with Crippen LogP contribution in [0.15, 0.2) is 54.9 Å². The largest absolute Gasteiger partial charge is 0.368 e. The highest BCUT2D eigenvalue weighted by atomic mass is 16.2. The zero-order valence-electron chi connectivity index (χ0n) is 13.2. The maximum absolute atomic E-state index is 13.0. The van der Waals surface area contributed by atoms with Crippen molar-refractivity contribution < 1.29 is 4.79 Å². The minimum atomic E-state index is -0.236. The smallest absolute Gasteiger partial charge is 0.233 e. The fourth-order valence-electron chi connectivity index (χ4n) is 3.53.